The SMILES string of the molecule is Nc1ccc(Oc2ccc(Oc3cccc(Oc4ccc(O)cc4)c3)cc2)cc1. The van der Waals surface area contributed by atoms with Crippen molar-refractivity contribution in [2.24, 2.45) is 0 Å². The zero-order valence-electron chi connectivity index (χ0n) is 15.5. The number of aromatic hydroxyl groups is 1. The molecule has 0 aliphatic rings. The molecule has 0 amide bonds. The van der Waals surface area contributed by atoms with Gasteiger partial charge in [0.05, 0.1) is 0 Å². The van der Waals surface area contributed by atoms with Crippen LogP contribution >= 0.6 is 0 Å². The summed E-state index contributed by atoms with van der Waals surface area (Å²) in [6, 6.07) is 28.4. The van der Waals surface area contributed by atoms with Gasteiger partial charge in [-0.1, -0.05) is 6.07 Å². The van der Waals surface area contributed by atoms with E-state index in [-0.39, 0.29) is 5.75 Å². The number of nitrogen functional groups attached to an aromatic ring is 1. The zero-order valence-corrected chi connectivity index (χ0v) is 15.5. The first kappa shape index (κ1) is 18.3. The smallest absolute Gasteiger partial charge is 0.131 e. The second kappa shape index (κ2) is 8.27. The largest absolute Gasteiger partial charge is 0.508 e. The zero-order chi connectivity index (χ0) is 20.1. The van der Waals surface area contributed by atoms with E-state index in [9.17, 15) is 5.11 Å². The third kappa shape index (κ3) is 4.99. The van der Waals surface area contributed by atoms with Gasteiger partial charge in [-0.05, 0) is 84.9 Å². The lowest BCUT2D eigenvalue weighted by Gasteiger charge is -2.10. The first-order valence-corrected chi connectivity index (χ1v) is 9.02. The Morgan fingerprint density at radius 2 is 0.862 bits per heavy atom. The van der Waals surface area contributed by atoms with Crippen molar-refractivity contribution in [3.8, 4) is 40.2 Å². The molecule has 0 saturated heterocycles. The highest BCUT2D eigenvalue weighted by molar-refractivity contribution is 5.44. The molecular formula is C24H19NO4. The molecule has 5 heteroatoms. The van der Waals surface area contributed by atoms with E-state index in [0.29, 0.717) is 40.2 Å². The lowest BCUT2D eigenvalue weighted by atomic mass is 10.3. The first-order valence-electron chi connectivity index (χ1n) is 9.02. The summed E-state index contributed by atoms with van der Waals surface area (Å²) in [6.45, 7) is 0. The predicted molar refractivity (Wildman–Crippen MR) is 112 cm³/mol. The molecule has 0 radical (unpaired) electrons. The van der Waals surface area contributed by atoms with Crippen molar-refractivity contribution >= 4 is 5.69 Å². The Balaban J connectivity index is 1.41. The van der Waals surface area contributed by atoms with Gasteiger partial charge in [0, 0.05) is 11.8 Å². The van der Waals surface area contributed by atoms with Crippen molar-refractivity contribution in [1.29, 1.82) is 0 Å². The second-order valence-corrected chi connectivity index (χ2v) is 6.32. The van der Waals surface area contributed by atoms with Crippen LogP contribution in [0.2, 0.25) is 0 Å². The Morgan fingerprint density at radius 3 is 1.34 bits per heavy atom. The van der Waals surface area contributed by atoms with Gasteiger partial charge in [-0.25, -0.2) is 0 Å². The van der Waals surface area contributed by atoms with Crippen LogP contribution in [-0.2, 0) is 0 Å². The van der Waals surface area contributed by atoms with Crippen molar-refractivity contribution in [2.75, 3.05) is 5.73 Å². The van der Waals surface area contributed by atoms with E-state index >= 15 is 0 Å². The molecular weight excluding hydrogens is 366 g/mol. The lowest BCUT2D eigenvalue weighted by molar-refractivity contribution is 0.453. The van der Waals surface area contributed by atoms with Gasteiger partial charge in [0.15, 0.2) is 0 Å². The Bertz CT molecular complexity index is 1080. The van der Waals surface area contributed by atoms with E-state index in [0.717, 1.165) is 0 Å². The Labute approximate surface area is 168 Å². The molecule has 29 heavy (non-hydrogen) atoms. The third-order valence-corrected chi connectivity index (χ3v) is 4.05. The predicted octanol–water partition coefficient (Wildman–Crippen LogP) is 6.35. The van der Waals surface area contributed by atoms with Crippen LogP contribution in [0.25, 0.3) is 0 Å². The fraction of sp³-hybridized carbons (Fsp3) is 0. The normalized spacial score (nSPS) is 10.3. The fourth-order valence-corrected chi connectivity index (χ4v) is 2.64. The fourth-order valence-electron chi connectivity index (χ4n) is 2.64. The van der Waals surface area contributed by atoms with E-state index < -0.39 is 0 Å². The molecule has 3 N–H and O–H groups in total. The number of rotatable bonds is 6. The minimum atomic E-state index is 0.193. The maximum absolute atomic E-state index is 9.35. The number of anilines is 1. The van der Waals surface area contributed by atoms with E-state index in [1.165, 1.54) is 0 Å². The summed E-state index contributed by atoms with van der Waals surface area (Å²) in [5, 5.41) is 9.35. The molecule has 0 aliphatic heterocycles. The van der Waals surface area contributed by atoms with Gasteiger partial charge in [-0.3, -0.25) is 0 Å². The summed E-state index contributed by atoms with van der Waals surface area (Å²) in [5.74, 6) is 4.20. The van der Waals surface area contributed by atoms with Crippen molar-refractivity contribution in [1.82, 2.24) is 0 Å². The molecule has 0 bridgehead atoms. The topological polar surface area (TPSA) is 73.9 Å². The van der Waals surface area contributed by atoms with Crippen LogP contribution < -0.4 is 19.9 Å². The molecule has 0 heterocycles. The number of hydrogen-bond donors (Lipinski definition) is 2. The van der Waals surface area contributed by atoms with Crippen LogP contribution in [0.4, 0.5) is 5.69 Å². The number of hydrogen-bond acceptors (Lipinski definition) is 5. The molecule has 0 aromatic heterocycles. The van der Waals surface area contributed by atoms with Crippen molar-refractivity contribution in [3.05, 3.63) is 97.1 Å². The van der Waals surface area contributed by atoms with Crippen LogP contribution in [0.15, 0.2) is 97.1 Å². The minimum absolute atomic E-state index is 0.193. The molecule has 0 fully saturated rings. The van der Waals surface area contributed by atoms with Crippen LogP contribution in [0, 0.1) is 0 Å². The van der Waals surface area contributed by atoms with Gasteiger partial charge in [-0.15, -0.1) is 0 Å². The minimum Gasteiger partial charge on any atom is -0.508 e. The Hall–Kier alpha value is -4.12. The first-order chi connectivity index (χ1) is 14.1. The Kier molecular flexibility index (Phi) is 5.21. The summed E-state index contributed by atoms with van der Waals surface area (Å²) in [5.41, 5.74) is 6.37. The number of phenols is 1. The van der Waals surface area contributed by atoms with Crippen molar-refractivity contribution < 1.29 is 19.3 Å². The molecule has 4 aromatic carbocycles. The standard InChI is InChI=1S/C24H19NO4/c25-17-4-8-19(9-5-17)27-21-12-14-22(15-13-21)29-24-3-1-2-23(16-24)28-20-10-6-18(26)7-11-20/h1-16,26H,25H2. The molecule has 0 atom stereocenters. The molecule has 0 unspecified atom stereocenters. The number of nitrogens with two attached hydrogens (primary N) is 1. The van der Waals surface area contributed by atoms with E-state index in [4.69, 9.17) is 19.9 Å². The summed E-state index contributed by atoms with van der Waals surface area (Å²) in [4.78, 5) is 0. The lowest BCUT2D eigenvalue weighted by Crippen LogP contribution is -1.88. The van der Waals surface area contributed by atoms with Gasteiger partial charge >= 0.3 is 0 Å². The average Bonchev–Trinajstić information content (AvgIpc) is 2.73. The Morgan fingerprint density at radius 1 is 0.483 bits per heavy atom. The average molecular weight is 385 g/mol. The molecule has 4 aromatic rings. The molecule has 5 nitrogen and oxygen atoms in total. The van der Waals surface area contributed by atoms with E-state index in [1.807, 2.05) is 54.6 Å². The molecule has 144 valence electrons. The maximum atomic E-state index is 9.35. The van der Waals surface area contributed by atoms with Gasteiger partial charge in [0.25, 0.3) is 0 Å². The number of benzene rings is 4. The second-order valence-electron chi connectivity index (χ2n) is 6.32. The highest BCUT2D eigenvalue weighted by atomic mass is 16.5. The summed E-state index contributed by atoms with van der Waals surface area (Å²) in [6.07, 6.45) is 0. The van der Waals surface area contributed by atoms with Crippen molar-refractivity contribution in [2.45, 2.75) is 0 Å². The highest BCUT2D eigenvalue weighted by Crippen LogP contribution is 2.30. The number of phenolic OH excluding ortho intramolecular Hbond substituents is 1. The molecule has 0 spiro atoms. The van der Waals surface area contributed by atoms with Gasteiger partial charge in [-0.2, -0.15) is 0 Å². The summed E-state index contributed by atoms with van der Waals surface area (Å²) >= 11 is 0. The summed E-state index contributed by atoms with van der Waals surface area (Å²) < 4.78 is 17.5. The van der Waals surface area contributed by atoms with Crippen LogP contribution in [-0.4, -0.2) is 5.11 Å². The van der Waals surface area contributed by atoms with Gasteiger partial charge in [0.1, 0.15) is 40.2 Å². The van der Waals surface area contributed by atoms with Crippen LogP contribution in [0.5, 0.6) is 40.2 Å². The highest BCUT2D eigenvalue weighted by Gasteiger charge is 2.03. The third-order valence-electron chi connectivity index (χ3n) is 4.05. The maximum Gasteiger partial charge on any atom is 0.131 e. The van der Waals surface area contributed by atoms with Crippen LogP contribution in [0.3, 0.4) is 0 Å². The van der Waals surface area contributed by atoms with Crippen molar-refractivity contribution in [3.63, 3.8) is 0 Å². The monoisotopic (exact) mass is 385 g/mol. The molecule has 4 rings (SSSR count). The van der Waals surface area contributed by atoms with Gasteiger partial charge in [0.2, 0.25) is 0 Å². The number of ether oxygens (including phenoxy) is 3. The molecule has 0 aliphatic carbocycles. The van der Waals surface area contributed by atoms with E-state index in [1.54, 1.807) is 42.5 Å². The quantitative estimate of drug-likeness (QED) is 0.378. The van der Waals surface area contributed by atoms with Gasteiger partial charge < -0.3 is 25.1 Å². The summed E-state index contributed by atoms with van der Waals surface area (Å²) in [7, 11) is 0. The van der Waals surface area contributed by atoms with E-state index in [2.05, 4.69) is 0 Å². The molecule has 0 saturated carbocycles. The van der Waals surface area contributed by atoms with Crippen LogP contribution in [0.1, 0.15) is 0 Å².